The zero-order chi connectivity index (χ0) is 9.56. The van der Waals surface area contributed by atoms with Crippen LogP contribution in [0.1, 0.15) is 40.5 Å². The summed E-state index contributed by atoms with van der Waals surface area (Å²) in [5.41, 5.74) is 0. The highest BCUT2D eigenvalue weighted by atomic mass is 32.2. The van der Waals surface area contributed by atoms with E-state index in [-0.39, 0.29) is 5.25 Å². The molecule has 1 nitrogen and oxygen atoms in total. The van der Waals surface area contributed by atoms with Gasteiger partial charge in [0.2, 0.25) is 0 Å². The van der Waals surface area contributed by atoms with Gasteiger partial charge < -0.3 is 0 Å². The Morgan fingerprint density at radius 3 is 2.33 bits per heavy atom. The SMILES string of the molecule is CCCSC(C(C)=O)[C@@H](C)CC. The molecule has 0 radical (unpaired) electrons. The van der Waals surface area contributed by atoms with E-state index < -0.39 is 0 Å². The zero-order valence-electron chi connectivity index (χ0n) is 8.59. The summed E-state index contributed by atoms with van der Waals surface area (Å²) in [5, 5.41) is 0.231. The number of carbonyl (C=O) groups excluding carboxylic acids is 1. The average molecular weight is 188 g/mol. The molecule has 0 bridgehead atoms. The van der Waals surface area contributed by atoms with Crippen molar-refractivity contribution in [3.05, 3.63) is 0 Å². The first-order chi connectivity index (χ1) is 5.63. The lowest BCUT2D eigenvalue weighted by molar-refractivity contribution is -0.117. The van der Waals surface area contributed by atoms with Crippen molar-refractivity contribution < 1.29 is 4.79 Å². The summed E-state index contributed by atoms with van der Waals surface area (Å²) in [6.07, 6.45) is 2.26. The van der Waals surface area contributed by atoms with Gasteiger partial charge in [-0.15, -0.1) is 0 Å². The van der Waals surface area contributed by atoms with Crippen LogP contribution >= 0.6 is 11.8 Å². The molecule has 2 atom stereocenters. The van der Waals surface area contributed by atoms with Crippen molar-refractivity contribution in [2.75, 3.05) is 5.75 Å². The quantitative estimate of drug-likeness (QED) is 0.637. The Hall–Kier alpha value is 0.0200. The minimum atomic E-state index is 0.231. The smallest absolute Gasteiger partial charge is 0.143 e. The topological polar surface area (TPSA) is 17.1 Å². The van der Waals surface area contributed by atoms with Gasteiger partial charge in [-0.25, -0.2) is 0 Å². The van der Waals surface area contributed by atoms with Crippen LogP contribution in [0.4, 0.5) is 0 Å². The fraction of sp³-hybridized carbons (Fsp3) is 0.900. The number of hydrogen-bond donors (Lipinski definition) is 0. The highest BCUT2D eigenvalue weighted by Gasteiger charge is 2.19. The van der Waals surface area contributed by atoms with Crippen molar-refractivity contribution in [1.29, 1.82) is 0 Å². The Morgan fingerprint density at radius 1 is 1.42 bits per heavy atom. The molecule has 0 spiro atoms. The van der Waals surface area contributed by atoms with Crippen LogP contribution in [0, 0.1) is 5.92 Å². The maximum Gasteiger partial charge on any atom is 0.143 e. The van der Waals surface area contributed by atoms with Gasteiger partial charge >= 0.3 is 0 Å². The first kappa shape index (κ1) is 12.0. The average Bonchev–Trinajstić information content (AvgIpc) is 2.04. The second-order valence-corrected chi connectivity index (χ2v) is 4.54. The van der Waals surface area contributed by atoms with Gasteiger partial charge in [-0.1, -0.05) is 27.2 Å². The Morgan fingerprint density at radius 2 is 2.00 bits per heavy atom. The molecule has 12 heavy (non-hydrogen) atoms. The molecule has 0 aromatic carbocycles. The van der Waals surface area contributed by atoms with Crippen LogP contribution in [-0.4, -0.2) is 16.8 Å². The monoisotopic (exact) mass is 188 g/mol. The van der Waals surface area contributed by atoms with Crippen molar-refractivity contribution in [2.24, 2.45) is 5.92 Å². The molecule has 0 heterocycles. The van der Waals surface area contributed by atoms with Crippen LogP contribution in [0.5, 0.6) is 0 Å². The van der Waals surface area contributed by atoms with Gasteiger partial charge in [0.05, 0.1) is 5.25 Å². The molecular formula is C10H20OS. The number of Topliss-reactive ketones (excluding diaryl/α,β-unsaturated/α-hetero) is 1. The van der Waals surface area contributed by atoms with Crippen LogP contribution < -0.4 is 0 Å². The first-order valence-electron chi connectivity index (χ1n) is 4.75. The molecule has 2 heteroatoms. The molecule has 72 valence electrons. The van der Waals surface area contributed by atoms with Crippen LogP contribution in [0.3, 0.4) is 0 Å². The number of ketones is 1. The lowest BCUT2D eigenvalue weighted by Crippen LogP contribution is -2.22. The Labute approximate surface area is 80.3 Å². The van der Waals surface area contributed by atoms with Crippen molar-refractivity contribution in [3.8, 4) is 0 Å². The maximum atomic E-state index is 11.2. The molecule has 0 fully saturated rings. The molecule has 1 unspecified atom stereocenters. The maximum absolute atomic E-state index is 11.2. The van der Waals surface area contributed by atoms with Crippen molar-refractivity contribution >= 4 is 17.5 Å². The van der Waals surface area contributed by atoms with E-state index in [9.17, 15) is 4.79 Å². The first-order valence-corrected chi connectivity index (χ1v) is 5.80. The molecule has 0 aliphatic heterocycles. The van der Waals surface area contributed by atoms with E-state index in [1.165, 1.54) is 0 Å². The normalized spacial score (nSPS) is 15.7. The Balaban J connectivity index is 3.94. The number of thioether (sulfide) groups is 1. The van der Waals surface area contributed by atoms with Gasteiger partial charge in [-0.3, -0.25) is 4.79 Å². The van der Waals surface area contributed by atoms with Crippen LogP contribution in [0.25, 0.3) is 0 Å². The summed E-state index contributed by atoms with van der Waals surface area (Å²) in [6, 6.07) is 0. The van der Waals surface area contributed by atoms with E-state index in [1.807, 2.05) is 11.8 Å². The highest BCUT2D eigenvalue weighted by molar-refractivity contribution is 8.00. The van der Waals surface area contributed by atoms with Gasteiger partial charge in [0.25, 0.3) is 0 Å². The van der Waals surface area contributed by atoms with E-state index in [0.29, 0.717) is 11.7 Å². The van der Waals surface area contributed by atoms with E-state index >= 15 is 0 Å². The summed E-state index contributed by atoms with van der Waals surface area (Å²) in [7, 11) is 0. The Bertz CT molecular complexity index is 134. The lowest BCUT2D eigenvalue weighted by atomic mass is 10.0. The number of rotatable bonds is 6. The summed E-state index contributed by atoms with van der Waals surface area (Å²) in [4.78, 5) is 11.2. The molecular weight excluding hydrogens is 168 g/mol. The fourth-order valence-corrected chi connectivity index (χ4v) is 2.39. The fourth-order valence-electron chi connectivity index (χ4n) is 1.14. The van der Waals surface area contributed by atoms with Gasteiger partial charge in [0, 0.05) is 0 Å². The largest absolute Gasteiger partial charge is 0.299 e. The van der Waals surface area contributed by atoms with E-state index in [0.717, 1.165) is 18.6 Å². The summed E-state index contributed by atoms with van der Waals surface area (Å²) < 4.78 is 0. The molecule has 0 aromatic rings. The third kappa shape index (κ3) is 4.15. The second kappa shape index (κ2) is 6.53. The van der Waals surface area contributed by atoms with Crippen molar-refractivity contribution in [3.63, 3.8) is 0 Å². The summed E-state index contributed by atoms with van der Waals surface area (Å²) >= 11 is 1.81. The molecule has 0 amide bonds. The standard InChI is InChI=1S/C10H20OS/c1-5-7-12-10(9(4)11)8(3)6-2/h8,10H,5-7H2,1-4H3/t8-,10?/m0/s1. The zero-order valence-corrected chi connectivity index (χ0v) is 9.41. The van der Waals surface area contributed by atoms with Crippen LogP contribution in [-0.2, 0) is 4.79 Å². The second-order valence-electron chi connectivity index (χ2n) is 3.29. The van der Waals surface area contributed by atoms with Gasteiger partial charge in [-0.2, -0.15) is 11.8 Å². The molecule has 0 aliphatic rings. The minimum Gasteiger partial charge on any atom is -0.299 e. The Kier molecular flexibility index (Phi) is 6.54. The van der Waals surface area contributed by atoms with Gasteiger partial charge in [0.1, 0.15) is 5.78 Å². The highest BCUT2D eigenvalue weighted by Crippen LogP contribution is 2.23. The van der Waals surface area contributed by atoms with Crippen LogP contribution in [0.2, 0.25) is 0 Å². The lowest BCUT2D eigenvalue weighted by Gasteiger charge is -2.19. The van der Waals surface area contributed by atoms with Gasteiger partial charge in [0.15, 0.2) is 0 Å². The third-order valence-electron chi connectivity index (χ3n) is 2.06. The predicted octanol–water partition coefficient (Wildman–Crippen LogP) is 3.13. The number of hydrogen-bond acceptors (Lipinski definition) is 2. The van der Waals surface area contributed by atoms with Crippen molar-refractivity contribution in [1.82, 2.24) is 0 Å². The summed E-state index contributed by atoms with van der Waals surface area (Å²) in [6.45, 7) is 8.17. The minimum absolute atomic E-state index is 0.231. The molecule has 0 aromatic heterocycles. The van der Waals surface area contributed by atoms with Gasteiger partial charge in [-0.05, 0) is 25.0 Å². The molecule has 0 N–H and O–H groups in total. The molecule has 0 saturated carbocycles. The van der Waals surface area contributed by atoms with Crippen molar-refractivity contribution in [2.45, 2.75) is 45.8 Å². The molecule has 0 saturated heterocycles. The number of carbonyl (C=O) groups is 1. The van der Waals surface area contributed by atoms with Crippen LogP contribution in [0.15, 0.2) is 0 Å². The predicted molar refractivity (Wildman–Crippen MR) is 56.7 cm³/mol. The third-order valence-corrected chi connectivity index (χ3v) is 3.86. The molecule has 0 rings (SSSR count). The summed E-state index contributed by atoms with van der Waals surface area (Å²) in [5.74, 6) is 1.97. The van der Waals surface area contributed by atoms with E-state index in [4.69, 9.17) is 0 Å². The van der Waals surface area contributed by atoms with E-state index in [2.05, 4.69) is 20.8 Å². The van der Waals surface area contributed by atoms with E-state index in [1.54, 1.807) is 6.92 Å². The molecule has 0 aliphatic carbocycles.